The molecule has 0 aromatic heterocycles. The Hall–Kier alpha value is -0.210. The Labute approximate surface area is 71.7 Å². The summed E-state index contributed by atoms with van der Waals surface area (Å²) in [5.74, 6) is 0. The molecule has 0 aliphatic rings. The van der Waals surface area contributed by atoms with Gasteiger partial charge in [0.1, 0.15) is 0 Å². The summed E-state index contributed by atoms with van der Waals surface area (Å²) in [6.45, 7) is 0. The van der Waals surface area contributed by atoms with Gasteiger partial charge in [-0.15, -0.1) is 0 Å². The van der Waals surface area contributed by atoms with Crippen molar-refractivity contribution in [2.45, 2.75) is 0 Å². The molecule has 66 valence electrons. The van der Waals surface area contributed by atoms with Crippen molar-refractivity contribution in [3.63, 3.8) is 0 Å². The maximum absolute atomic E-state index is 9.43. The van der Waals surface area contributed by atoms with Crippen LogP contribution in [0.3, 0.4) is 0 Å². The number of hydrogen-bond acceptors (Lipinski definition) is 4. The topological polar surface area (TPSA) is 109 Å². The fourth-order valence-corrected chi connectivity index (χ4v) is 0. The average Bonchev–Trinajstić information content (AvgIpc) is 1.59. The summed E-state index contributed by atoms with van der Waals surface area (Å²) < 4.78 is 31.6. The van der Waals surface area contributed by atoms with Crippen molar-refractivity contribution >= 4 is 44.1 Å². The molecular formula is C2H2Cl2O6S. The maximum atomic E-state index is 9.43. The summed E-state index contributed by atoms with van der Waals surface area (Å²) in [7, 11) is -4.67. The van der Waals surface area contributed by atoms with Crippen molar-refractivity contribution in [1.29, 1.82) is 0 Å². The molecular weight excluding hydrogens is 223 g/mol. The lowest BCUT2D eigenvalue weighted by atomic mass is 10.9. The highest BCUT2D eigenvalue weighted by molar-refractivity contribution is 7.79. The first-order chi connectivity index (χ1) is 4.64. The minimum absolute atomic E-state index is 1.14. The minimum Gasteiger partial charge on any atom is -0.271 e. The molecule has 0 radical (unpaired) electrons. The molecule has 0 aliphatic heterocycles. The van der Waals surface area contributed by atoms with Gasteiger partial charge < -0.3 is 0 Å². The number of carbonyl (C=O) groups excluding carboxylic acids is 2. The summed E-state index contributed by atoms with van der Waals surface area (Å²) in [4.78, 5) is 18.9. The summed E-state index contributed by atoms with van der Waals surface area (Å²) in [5, 5.41) is -2.28. The van der Waals surface area contributed by atoms with E-state index in [1.807, 2.05) is 0 Å². The third-order valence-corrected chi connectivity index (χ3v) is 0.595. The second kappa shape index (κ2) is 5.44. The van der Waals surface area contributed by atoms with E-state index < -0.39 is 20.9 Å². The summed E-state index contributed by atoms with van der Waals surface area (Å²) in [6, 6.07) is 0. The highest BCUT2D eigenvalue weighted by Crippen LogP contribution is 1.84. The van der Waals surface area contributed by atoms with Gasteiger partial charge in [0.05, 0.1) is 0 Å². The van der Waals surface area contributed by atoms with E-state index in [-0.39, 0.29) is 0 Å². The number of halogens is 2. The Bertz CT molecular complexity index is 221. The third kappa shape index (κ3) is 41.4. The Kier molecular flexibility index (Phi) is 6.62. The second-order valence-corrected chi connectivity index (χ2v) is 2.58. The van der Waals surface area contributed by atoms with Gasteiger partial charge in [0, 0.05) is 0 Å². The highest BCUT2D eigenvalue weighted by atomic mass is 35.5. The second-order valence-electron chi connectivity index (χ2n) is 0.995. The Morgan fingerprint density at radius 3 is 1.09 bits per heavy atom. The lowest BCUT2D eigenvalue weighted by Gasteiger charge is -1.68. The fourth-order valence-electron chi connectivity index (χ4n) is 0. The van der Waals surface area contributed by atoms with Gasteiger partial charge in [-0.3, -0.25) is 18.7 Å². The minimum atomic E-state index is -4.67. The quantitative estimate of drug-likeness (QED) is 0.365. The van der Waals surface area contributed by atoms with Crippen molar-refractivity contribution in [1.82, 2.24) is 0 Å². The van der Waals surface area contributed by atoms with Gasteiger partial charge in [-0.1, -0.05) is 0 Å². The molecule has 2 N–H and O–H groups in total. The summed E-state index contributed by atoms with van der Waals surface area (Å²) >= 11 is 8.98. The lowest BCUT2D eigenvalue weighted by molar-refractivity contribution is -0.127. The largest absolute Gasteiger partial charge is 0.394 e. The zero-order valence-corrected chi connectivity index (χ0v) is 7.02. The molecule has 0 fully saturated rings. The Morgan fingerprint density at radius 1 is 1.00 bits per heavy atom. The van der Waals surface area contributed by atoms with E-state index in [1.165, 1.54) is 0 Å². The fraction of sp³-hybridized carbons (Fsp3) is 0. The smallest absolute Gasteiger partial charge is 0.271 e. The van der Waals surface area contributed by atoms with Gasteiger partial charge in [-0.2, -0.15) is 8.42 Å². The van der Waals surface area contributed by atoms with Crippen LogP contribution in [-0.2, 0) is 20.0 Å². The van der Waals surface area contributed by atoms with Crippen LogP contribution in [0, 0.1) is 0 Å². The normalized spacial score (nSPS) is 9.45. The zero-order valence-electron chi connectivity index (χ0n) is 4.69. The van der Waals surface area contributed by atoms with Gasteiger partial charge in [0.15, 0.2) is 0 Å². The van der Waals surface area contributed by atoms with Crippen LogP contribution in [0.4, 0.5) is 0 Å². The first-order valence-electron chi connectivity index (χ1n) is 1.73. The van der Waals surface area contributed by atoms with E-state index in [0.717, 1.165) is 0 Å². The molecule has 0 saturated carbocycles. The predicted molar refractivity (Wildman–Crippen MR) is 35.9 cm³/mol. The number of hydrogen-bond donors (Lipinski definition) is 2. The van der Waals surface area contributed by atoms with Crippen LogP contribution in [0.1, 0.15) is 0 Å². The number of rotatable bonds is 1. The van der Waals surface area contributed by atoms with Crippen molar-refractivity contribution in [2.24, 2.45) is 0 Å². The first kappa shape index (κ1) is 13.4. The average molecular weight is 225 g/mol. The van der Waals surface area contributed by atoms with Crippen LogP contribution >= 0.6 is 23.2 Å². The highest BCUT2D eigenvalue weighted by Gasteiger charge is 2.01. The van der Waals surface area contributed by atoms with Crippen LogP contribution in [-0.4, -0.2) is 28.0 Å². The van der Waals surface area contributed by atoms with Crippen molar-refractivity contribution in [3.05, 3.63) is 0 Å². The Balaban J connectivity index is 0. The molecule has 0 heterocycles. The zero-order chi connectivity index (χ0) is 9.65. The van der Waals surface area contributed by atoms with Crippen molar-refractivity contribution in [2.75, 3.05) is 0 Å². The first-order valence-corrected chi connectivity index (χ1v) is 3.89. The van der Waals surface area contributed by atoms with E-state index in [0.29, 0.717) is 0 Å². The van der Waals surface area contributed by atoms with E-state index in [9.17, 15) is 9.59 Å². The molecule has 0 rings (SSSR count). The van der Waals surface area contributed by atoms with Gasteiger partial charge in [0.2, 0.25) is 0 Å². The Morgan fingerprint density at radius 2 is 1.09 bits per heavy atom. The van der Waals surface area contributed by atoms with E-state index >= 15 is 0 Å². The molecule has 0 aromatic rings. The van der Waals surface area contributed by atoms with Crippen LogP contribution in [0.15, 0.2) is 0 Å². The van der Waals surface area contributed by atoms with Crippen LogP contribution in [0.2, 0.25) is 0 Å². The monoisotopic (exact) mass is 224 g/mol. The summed E-state index contributed by atoms with van der Waals surface area (Å²) in [6.07, 6.45) is 0. The predicted octanol–water partition coefficient (Wildman–Crippen LogP) is -0.136. The molecule has 0 saturated heterocycles. The molecule has 6 nitrogen and oxygen atoms in total. The van der Waals surface area contributed by atoms with Crippen LogP contribution in [0.25, 0.3) is 0 Å². The summed E-state index contributed by atoms with van der Waals surface area (Å²) in [5.41, 5.74) is 0. The molecule has 0 atom stereocenters. The van der Waals surface area contributed by atoms with Gasteiger partial charge >= 0.3 is 20.9 Å². The van der Waals surface area contributed by atoms with E-state index in [4.69, 9.17) is 17.5 Å². The molecule has 0 amide bonds. The van der Waals surface area contributed by atoms with Gasteiger partial charge in [0.25, 0.3) is 0 Å². The molecule has 11 heavy (non-hydrogen) atoms. The van der Waals surface area contributed by atoms with E-state index in [2.05, 4.69) is 23.2 Å². The third-order valence-electron chi connectivity index (χ3n) is 0.155. The maximum Gasteiger partial charge on any atom is 0.394 e. The molecule has 0 aromatic carbocycles. The SMILES string of the molecule is O=C(Cl)C(=O)Cl.O=S(=O)(O)O. The molecule has 9 heteroatoms. The van der Waals surface area contributed by atoms with Gasteiger partial charge in [-0.05, 0) is 23.2 Å². The standard InChI is InChI=1S/C2Cl2O2.H2O4S/c3-1(5)2(4)6;1-5(2,3)4/h;(H2,1,2,3,4). The van der Waals surface area contributed by atoms with Gasteiger partial charge in [-0.25, -0.2) is 0 Å². The molecule has 0 unspecified atom stereocenters. The lowest BCUT2D eigenvalue weighted by Crippen LogP contribution is -1.94. The molecule has 0 aliphatic carbocycles. The number of carbonyl (C=O) groups is 2. The molecule has 0 bridgehead atoms. The van der Waals surface area contributed by atoms with Crippen molar-refractivity contribution < 1.29 is 27.1 Å². The van der Waals surface area contributed by atoms with Crippen LogP contribution < -0.4 is 0 Å². The van der Waals surface area contributed by atoms with E-state index in [1.54, 1.807) is 0 Å². The van der Waals surface area contributed by atoms with Crippen LogP contribution in [0.5, 0.6) is 0 Å². The molecule has 0 spiro atoms. The van der Waals surface area contributed by atoms with Crippen molar-refractivity contribution in [3.8, 4) is 0 Å².